The van der Waals surface area contributed by atoms with Gasteiger partial charge < -0.3 is 14.0 Å². The van der Waals surface area contributed by atoms with Crippen LogP contribution in [0.3, 0.4) is 0 Å². The molecule has 0 aliphatic heterocycles. The van der Waals surface area contributed by atoms with Crippen molar-refractivity contribution in [3.63, 3.8) is 0 Å². The van der Waals surface area contributed by atoms with Crippen molar-refractivity contribution in [3.8, 4) is 22.6 Å². The molecule has 13 heteroatoms. The third-order valence-corrected chi connectivity index (χ3v) is 7.96. The van der Waals surface area contributed by atoms with Gasteiger partial charge in [0.05, 0.1) is 22.3 Å². The van der Waals surface area contributed by atoms with E-state index < -0.39 is 17.7 Å². The zero-order valence-electron chi connectivity index (χ0n) is 25.1. The number of halogens is 2. The summed E-state index contributed by atoms with van der Waals surface area (Å²) in [5.74, 6) is 0.643. The Balaban J connectivity index is 1.69. The van der Waals surface area contributed by atoms with E-state index in [0.717, 1.165) is 29.4 Å². The van der Waals surface area contributed by atoms with Crippen molar-refractivity contribution < 1.29 is 19.1 Å². The molecule has 0 unspecified atom stereocenters. The largest absolute Gasteiger partial charge is 0.461 e. The fourth-order valence-electron chi connectivity index (χ4n) is 5.04. The molecule has 0 saturated carbocycles. The summed E-state index contributed by atoms with van der Waals surface area (Å²) in [4.78, 5) is 31.2. The van der Waals surface area contributed by atoms with E-state index in [2.05, 4.69) is 48.5 Å². The lowest BCUT2D eigenvalue weighted by molar-refractivity contribution is 0.0511. The van der Waals surface area contributed by atoms with Gasteiger partial charge in [0.1, 0.15) is 11.4 Å². The molecule has 3 heterocycles. The van der Waals surface area contributed by atoms with Crippen LogP contribution in [0.5, 0.6) is 0 Å². The number of aromatic amines is 1. The molecule has 44 heavy (non-hydrogen) atoms. The number of imidazole rings is 1. The van der Waals surface area contributed by atoms with Gasteiger partial charge in [-0.25, -0.2) is 24.2 Å². The van der Waals surface area contributed by atoms with Crippen LogP contribution in [0.4, 0.5) is 4.79 Å². The summed E-state index contributed by atoms with van der Waals surface area (Å²) in [7, 11) is 0. The van der Waals surface area contributed by atoms with Crippen molar-refractivity contribution >= 4 is 50.5 Å². The summed E-state index contributed by atoms with van der Waals surface area (Å²) in [6.07, 6.45) is 1.98. The molecule has 2 aromatic carbocycles. The molecule has 1 N–H and O–H groups in total. The standard InChI is InChI=1S/C31H33BrClN7O4/c1-6-8-13-23-34-27(33)26(29(41)43-7-2)39(23)17-18-14-15-22-21(16-18)24(32)25(40(22)30(42)44-31(3,4)5)19-11-9-10-12-20(19)28-35-37-38-36-28/h9-12,14-16H,6-8,13,17H2,1-5H3,(H,35,36,37,38). The average Bonchev–Trinajstić information content (AvgIpc) is 3.68. The van der Waals surface area contributed by atoms with Gasteiger partial charge in [0.2, 0.25) is 0 Å². The van der Waals surface area contributed by atoms with Crippen molar-refractivity contribution in [3.05, 3.63) is 69.2 Å². The number of nitrogens with zero attached hydrogens (tertiary/aromatic N) is 6. The van der Waals surface area contributed by atoms with Crippen molar-refractivity contribution in [1.82, 2.24) is 34.7 Å². The number of rotatable bonds is 9. The molecule has 3 aromatic heterocycles. The van der Waals surface area contributed by atoms with E-state index in [4.69, 9.17) is 21.1 Å². The van der Waals surface area contributed by atoms with Crippen LogP contribution in [0.1, 0.15) is 69.3 Å². The minimum Gasteiger partial charge on any atom is -0.461 e. The first-order valence-electron chi connectivity index (χ1n) is 14.4. The van der Waals surface area contributed by atoms with E-state index in [0.29, 0.717) is 45.9 Å². The normalized spacial score (nSPS) is 11.7. The summed E-state index contributed by atoms with van der Waals surface area (Å²) in [6.45, 7) is 9.86. The maximum absolute atomic E-state index is 13.8. The number of tetrazole rings is 1. The Labute approximate surface area is 268 Å². The van der Waals surface area contributed by atoms with E-state index in [1.54, 1.807) is 11.5 Å². The van der Waals surface area contributed by atoms with Gasteiger partial charge in [0.15, 0.2) is 16.7 Å². The number of aromatic nitrogens is 7. The van der Waals surface area contributed by atoms with Crippen LogP contribution in [0.15, 0.2) is 46.9 Å². The first kappa shape index (κ1) is 31.4. The second-order valence-corrected chi connectivity index (χ2v) is 12.4. The summed E-state index contributed by atoms with van der Waals surface area (Å²) < 4.78 is 15.2. The number of aryl methyl sites for hydroxylation is 1. The molecule has 0 aliphatic rings. The SMILES string of the molecule is CCCCc1nc(Cl)c(C(=O)OCC)n1Cc1ccc2c(c1)c(Br)c(-c1ccccc1-c1nnn[nH]1)n2C(=O)OC(C)(C)C. The maximum atomic E-state index is 13.8. The van der Waals surface area contributed by atoms with Crippen molar-refractivity contribution in [2.24, 2.45) is 0 Å². The summed E-state index contributed by atoms with van der Waals surface area (Å²) in [6, 6.07) is 13.3. The molecule has 0 fully saturated rings. The van der Waals surface area contributed by atoms with Crippen LogP contribution in [-0.4, -0.2) is 59.0 Å². The Morgan fingerprint density at radius 1 is 1.09 bits per heavy atom. The van der Waals surface area contributed by atoms with Gasteiger partial charge in [-0.2, -0.15) is 0 Å². The smallest absolute Gasteiger partial charge is 0.419 e. The summed E-state index contributed by atoms with van der Waals surface area (Å²) in [5.41, 5.74) is 3.01. The highest BCUT2D eigenvalue weighted by atomic mass is 79.9. The molecule has 5 aromatic rings. The van der Waals surface area contributed by atoms with E-state index >= 15 is 0 Å². The van der Waals surface area contributed by atoms with Crippen molar-refractivity contribution in [1.29, 1.82) is 0 Å². The number of hydrogen-bond donors (Lipinski definition) is 1. The number of hydrogen-bond acceptors (Lipinski definition) is 8. The molecule has 0 spiro atoms. The Bertz CT molecular complexity index is 1820. The topological polar surface area (TPSA) is 130 Å². The molecule has 0 amide bonds. The lowest BCUT2D eigenvalue weighted by Crippen LogP contribution is -2.27. The highest BCUT2D eigenvalue weighted by Gasteiger charge is 2.28. The zero-order valence-corrected chi connectivity index (χ0v) is 27.5. The molecule has 11 nitrogen and oxygen atoms in total. The third-order valence-electron chi connectivity index (χ3n) is 6.90. The molecule has 0 bridgehead atoms. The van der Waals surface area contributed by atoms with Gasteiger partial charge in [-0.3, -0.25) is 0 Å². The highest BCUT2D eigenvalue weighted by Crippen LogP contribution is 2.42. The fraction of sp³-hybridized carbons (Fsp3) is 0.355. The Kier molecular flexibility index (Phi) is 9.21. The van der Waals surface area contributed by atoms with E-state index in [-0.39, 0.29) is 17.5 Å². The minimum absolute atomic E-state index is 0.119. The molecular weight excluding hydrogens is 650 g/mol. The number of carbonyl (C=O) groups is 2. The number of fused-ring (bicyclic) bond motifs is 1. The predicted molar refractivity (Wildman–Crippen MR) is 171 cm³/mol. The zero-order chi connectivity index (χ0) is 31.6. The predicted octanol–water partition coefficient (Wildman–Crippen LogP) is 7.45. The number of benzene rings is 2. The van der Waals surface area contributed by atoms with Crippen molar-refractivity contribution in [2.45, 2.75) is 66.0 Å². The fourth-order valence-corrected chi connectivity index (χ4v) is 6.03. The van der Waals surface area contributed by atoms with E-state index in [9.17, 15) is 9.59 Å². The molecule has 0 aliphatic carbocycles. The van der Waals surface area contributed by atoms with Crippen LogP contribution in [0.25, 0.3) is 33.5 Å². The van der Waals surface area contributed by atoms with Crippen LogP contribution < -0.4 is 0 Å². The van der Waals surface area contributed by atoms with Crippen LogP contribution >= 0.6 is 27.5 Å². The van der Waals surface area contributed by atoms with Gasteiger partial charge in [-0.05, 0) is 78.2 Å². The van der Waals surface area contributed by atoms with Crippen LogP contribution in [0.2, 0.25) is 5.15 Å². The second-order valence-electron chi connectivity index (χ2n) is 11.2. The lowest BCUT2D eigenvalue weighted by Gasteiger charge is -2.21. The van der Waals surface area contributed by atoms with Gasteiger partial charge in [0.25, 0.3) is 0 Å². The Morgan fingerprint density at radius 3 is 2.50 bits per heavy atom. The van der Waals surface area contributed by atoms with Crippen LogP contribution in [0, 0.1) is 0 Å². The Hall–Kier alpha value is -4.03. The van der Waals surface area contributed by atoms with E-state index in [1.807, 2.05) is 67.8 Å². The van der Waals surface area contributed by atoms with Gasteiger partial charge in [-0.15, -0.1) is 5.10 Å². The molecule has 0 atom stereocenters. The molecule has 0 saturated heterocycles. The number of carbonyl (C=O) groups excluding carboxylic acids is 2. The molecule has 230 valence electrons. The number of unbranched alkanes of at least 4 members (excludes halogenated alkanes) is 1. The number of H-pyrrole nitrogens is 1. The second kappa shape index (κ2) is 12.9. The first-order chi connectivity index (χ1) is 21.0. The lowest BCUT2D eigenvalue weighted by atomic mass is 10.0. The molecule has 5 rings (SSSR count). The summed E-state index contributed by atoms with van der Waals surface area (Å²) >= 11 is 10.3. The number of ether oxygens (including phenoxy) is 2. The van der Waals surface area contributed by atoms with E-state index in [1.165, 1.54) is 0 Å². The number of nitrogens with one attached hydrogen (secondary N) is 1. The maximum Gasteiger partial charge on any atom is 0.419 e. The van der Waals surface area contributed by atoms with Crippen molar-refractivity contribution in [2.75, 3.05) is 6.61 Å². The monoisotopic (exact) mass is 681 g/mol. The quantitative estimate of drug-likeness (QED) is 0.159. The average molecular weight is 683 g/mol. The minimum atomic E-state index is -0.731. The molecule has 0 radical (unpaired) electrons. The third kappa shape index (κ3) is 6.27. The molecular formula is C31H33BrClN7O4. The van der Waals surface area contributed by atoms with Crippen LogP contribution in [-0.2, 0) is 22.4 Å². The number of esters is 1. The van der Waals surface area contributed by atoms with Gasteiger partial charge >= 0.3 is 12.1 Å². The summed E-state index contributed by atoms with van der Waals surface area (Å²) in [5, 5.41) is 15.3. The first-order valence-corrected chi connectivity index (χ1v) is 15.5. The Morgan fingerprint density at radius 2 is 1.84 bits per heavy atom. The highest BCUT2D eigenvalue weighted by molar-refractivity contribution is 9.10. The van der Waals surface area contributed by atoms with Gasteiger partial charge in [0, 0.05) is 29.5 Å². The van der Waals surface area contributed by atoms with Gasteiger partial charge in [-0.1, -0.05) is 55.3 Å².